The molecule has 1 aliphatic rings. The molecule has 168 valence electrons. The molecule has 1 N–H and O–H groups in total. The fourth-order valence-corrected chi connectivity index (χ4v) is 5.59. The van der Waals surface area contributed by atoms with Crippen LogP contribution < -0.4 is 0 Å². The summed E-state index contributed by atoms with van der Waals surface area (Å²) in [6, 6.07) is 10.2. The number of hydrogen-bond acceptors (Lipinski definition) is 3. The molecule has 1 fully saturated rings. The zero-order valence-electron chi connectivity index (χ0n) is 16.3. The summed E-state index contributed by atoms with van der Waals surface area (Å²) in [5.74, 6) is -2.69. The topological polar surface area (TPSA) is 74.7 Å². The quantitative estimate of drug-likeness (QED) is 0.611. The molecule has 2 aromatic rings. The van der Waals surface area contributed by atoms with Gasteiger partial charge in [0.05, 0.1) is 16.4 Å². The van der Waals surface area contributed by atoms with E-state index in [9.17, 15) is 26.4 Å². The van der Waals surface area contributed by atoms with Crippen molar-refractivity contribution in [3.05, 3.63) is 64.7 Å². The van der Waals surface area contributed by atoms with Crippen molar-refractivity contribution >= 4 is 27.6 Å². The highest BCUT2D eigenvalue weighted by molar-refractivity contribution is 7.89. The van der Waals surface area contributed by atoms with Gasteiger partial charge in [0.1, 0.15) is 0 Å². The molecule has 10 heteroatoms. The Morgan fingerprint density at radius 1 is 1.06 bits per heavy atom. The smallest absolute Gasteiger partial charge is 0.391 e. The maximum Gasteiger partial charge on any atom is 0.391 e. The number of alkyl halides is 3. The third kappa shape index (κ3) is 5.58. The summed E-state index contributed by atoms with van der Waals surface area (Å²) < 4.78 is 67.9. The average molecular weight is 476 g/mol. The molecule has 1 saturated carbocycles. The molecule has 3 rings (SSSR count). The minimum absolute atomic E-state index is 0.0257. The van der Waals surface area contributed by atoms with Crippen molar-refractivity contribution in [2.75, 3.05) is 0 Å². The molecule has 5 nitrogen and oxygen atoms in total. The van der Waals surface area contributed by atoms with Crippen LogP contribution in [0.3, 0.4) is 0 Å². The first-order valence-corrected chi connectivity index (χ1v) is 11.5. The summed E-state index contributed by atoms with van der Waals surface area (Å²) >= 11 is 5.85. The Morgan fingerprint density at radius 2 is 1.68 bits per heavy atom. The second-order valence-corrected chi connectivity index (χ2v) is 9.89. The maximum atomic E-state index is 13.4. The number of rotatable bonds is 6. The predicted molar refractivity (Wildman–Crippen MR) is 109 cm³/mol. The van der Waals surface area contributed by atoms with Crippen molar-refractivity contribution in [3.63, 3.8) is 0 Å². The Hall–Kier alpha value is -2.10. The SMILES string of the molecule is O=C(O)c1ccc(CN(C2CCCC(C(F)(F)F)C2)S(=O)(=O)c2ccc(Cl)cc2)cc1. The number of halogens is 4. The third-order valence-electron chi connectivity index (χ3n) is 5.48. The summed E-state index contributed by atoms with van der Waals surface area (Å²) in [4.78, 5) is 11.0. The zero-order valence-corrected chi connectivity index (χ0v) is 17.9. The number of carboxylic acid groups (broad SMARTS) is 1. The lowest BCUT2D eigenvalue weighted by Crippen LogP contribution is -2.44. The molecule has 0 aromatic heterocycles. The molecule has 0 amide bonds. The molecule has 2 aromatic carbocycles. The van der Waals surface area contributed by atoms with E-state index in [0.717, 1.165) is 4.31 Å². The van der Waals surface area contributed by atoms with Crippen LogP contribution in [0.2, 0.25) is 5.02 Å². The number of nitrogens with zero attached hydrogens (tertiary/aromatic N) is 1. The van der Waals surface area contributed by atoms with Crippen LogP contribution >= 0.6 is 11.6 Å². The normalized spacial score (nSPS) is 20.0. The van der Waals surface area contributed by atoms with E-state index in [1.807, 2.05) is 0 Å². The summed E-state index contributed by atoms with van der Waals surface area (Å²) in [6.07, 6.45) is -4.16. The van der Waals surface area contributed by atoms with Crippen LogP contribution in [0.15, 0.2) is 53.4 Å². The molecule has 0 spiro atoms. The minimum Gasteiger partial charge on any atom is -0.478 e. The first kappa shape index (κ1) is 23.6. The van der Waals surface area contributed by atoms with Crippen LogP contribution in [0.25, 0.3) is 0 Å². The van der Waals surface area contributed by atoms with Gasteiger partial charge in [-0.1, -0.05) is 30.2 Å². The van der Waals surface area contributed by atoms with Gasteiger partial charge in [0.15, 0.2) is 0 Å². The molecule has 0 aliphatic heterocycles. The molecular weight excluding hydrogens is 455 g/mol. The number of carboxylic acids is 1. The number of aromatic carboxylic acids is 1. The van der Waals surface area contributed by atoms with Gasteiger partial charge in [0.25, 0.3) is 0 Å². The molecule has 0 radical (unpaired) electrons. The molecule has 2 atom stereocenters. The molecule has 2 unspecified atom stereocenters. The van der Waals surface area contributed by atoms with Gasteiger partial charge in [-0.05, 0) is 61.2 Å². The highest BCUT2D eigenvalue weighted by atomic mass is 35.5. The van der Waals surface area contributed by atoms with Gasteiger partial charge in [0, 0.05) is 17.6 Å². The van der Waals surface area contributed by atoms with Crippen LogP contribution in [-0.2, 0) is 16.6 Å². The third-order valence-corrected chi connectivity index (χ3v) is 7.64. The van der Waals surface area contributed by atoms with E-state index < -0.39 is 34.1 Å². The Morgan fingerprint density at radius 3 is 2.23 bits per heavy atom. The van der Waals surface area contributed by atoms with E-state index in [0.29, 0.717) is 17.0 Å². The Bertz CT molecular complexity index is 1020. The van der Waals surface area contributed by atoms with Gasteiger partial charge < -0.3 is 5.11 Å². The van der Waals surface area contributed by atoms with E-state index in [4.69, 9.17) is 16.7 Å². The average Bonchev–Trinajstić information content (AvgIpc) is 2.72. The largest absolute Gasteiger partial charge is 0.478 e. The van der Waals surface area contributed by atoms with Gasteiger partial charge in [-0.25, -0.2) is 13.2 Å². The summed E-state index contributed by atoms with van der Waals surface area (Å²) in [7, 11) is -4.12. The van der Waals surface area contributed by atoms with Crippen molar-refractivity contribution in [2.24, 2.45) is 5.92 Å². The van der Waals surface area contributed by atoms with E-state index in [-0.39, 0.29) is 36.3 Å². The molecule has 0 saturated heterocycles. The molecule has 0 heterocycles. The van der Waals surface area contributed by atoms with E-state index in [1.165, 1.54) is 48.5 Å². The summed E-state index contributed by atoms with van der Waals surface area (Å²) in [5, 5.41) is 9.38. The zero-order chi connectivity index (χ0) is 22.8. The van der Waals surface area contributed by atoms with E-state index >= 15 is 0 Å². The van der Waals surface area contributed by atoms with E-state index in [1.54, 1.807) is 0 Å². The Kier molecular flexibility index (Phi) is 6.98. The van der Waals surface area contributed by atoms with Gasteiger partial charge >= 0.3 is 12.1 Å². The fourth-order valence-electron chi connectivity index (χ4n) is 3.81. The van der Waals surface area contributed by atoms with Crippen molar-refractivity contribution in [1.29, 1.82) is 0 Å². The number of benzene rings is 2. The van der Waals surface area contributed by atoms with Crippen LogP contribution in [0, 0.1) is 5.92 Å². The minimum atomic E-state index is -4.39. The van der Waals surface area contributed by atoms with Crippen molar-refractivity contribution in [3.8, 4) is 0 Å². The molecule has 31 heavy (non-hydrogen) atoms. The number of carbonyl (C=O) groups is 1. The van der Waals surface area contributed by atoms with Crippen LogP contribution in [0.1, 0.15) is 41.6 Å². The van der Waals surface area contributed by atoms with Crippen molar-refractivity contribution < 1.29 is 31.5 Å². The highest BCUT2D eigenvalue weighted by Gasteiger charge is 2.45. The lowest BCUT2D eigenvalue weighted by atomic mass is 9.85. The van der Waals surface area contributed by atoms with Crippen molar-refractivity contribution in [2.45, 2.75) is 49.3 Å². The molecule has 1 aliphatic carbocycles. The monoisotopic (exact) mass is 475 g/mol. The van der Waals surface area contributed by atoms with Gasteiger partial charge in [-0.3, -0.25) is 0 Å². The number of hydrogen-bond donors (Lipinski definition) is 1. The summed E-state index contributed by atoms with van der Waals surface area (Å²) in [5.41, 5.74) is 0.516. The second-order valence-electron chi connectivity index (χ2n) is 7.57. The second kappa shape index (κ2) is 9.18. The van der Waals surface area contributed by atoms with Gasteiger partial charge in [-0.15, -0.1) is 0 Å². The lowest BCUT2D eigenvalue weighted by Gasteiger charge is -2.37. The first-order chi connectivity index (χ1) is 14.5. The molecule has 0 bridgehead atoms. The fraction of sp³-hybridized carbons (Fsp3) is 0.381. The molecular formula is C21H21ClF3NO4S. The highest BCUT2D eigenvalue weighted by Crippen LogP contribution is 2.40. The Labute approximate surface area is 183 Å². The first-order valence-electron chi connectivity index (χ1n) is 9.65. The van der Waals surface area contributed by atoms with Crippen LogP contribution in [0.4, 0.5) is 13.2 Å². The van der Waals surface area contributed by atoms with Crippen molar-refractivity contribution in [1.82, 2.24) is 4.31 Å². The Balaban J connectivity index is 1.96. The number of sulfonamides is 1. The van der Waals surface area contributed by atoms with Crippen LogP contribution in [0.5, 0.6) is 0 Å². The van der Waals surface area contributed by atoms with Gasteiger partial charge in [0.2, 0.25) is 10.0 Å². The standard InChI is InChI=1S/C21H21ClF3NO4S/c22-17-8-10-19(11-9-17)31(29,30)26(13-14-4-6-15(7-5-14)20(27)28)18-3-1-2-16(12-18)21(23,24)25/h4-11,16,18H,1-3,12-13H2,(H,27,28). The van der Waals surface area contributed by atoms with E-state index in [2.05, 4.69) is 0 Å². The van der Waals surface area contributed by atoms with Gasteiger partial charge in [-0.2, -0.15) is 17.5 Å². The predicted octanol–water partition coefficient (Wildman–Crippen LogP) is 5.35. The maximum absolute atomic E-state index is 13.4. The lowest BCUT2D eigenvalue weighted by molar-refractivity contribution is -0.185. The van der Waals surface area contributed by atoms with Crippen LogP contribution in [-0.4, -0.2) is 36.0 Å². The summed E-state index contributed by atoms with van der Waals surface area (Å²) in [6.45, 7) is -0.167.